The van der Waals surface area contributed by atoms with Gasteiger partial charge in [-0.05, 0) is 23.6 Å². The molecule has 0 atom stereocenters. The third kappa shape index (κ3) is 1.80. The lowest BCUT2D eigenvalue weighted by atomic mass is 10.1. The van der Waals surface area contributed by atoms with Gasteiger partial charge in [-0.2, -0.15) is 13.2 Å². The summed E-state index contributed by atoms with van der Waals surface area (Å²) in [5.41, 5.74) is 5.07. The van der Waals surface area contributed by atoms with Crippen LogP contribution in [0.2, 0.25) is 5.02 Å². The molecule has 2 rings (SSSR count). The van der Waals surface area contributed by atoms with Gasteiger partial charge >= 0.3 is 6.18 Å². The lowest BCUT2D eigenvalue weighted by Gasteiger charge is -2.09. The van der Waals surface area contributed by atoms with Crippen molar-refractivity contribution in [2.24, 2.45) is 0 Å². The number of hydrogen-bond acceptors (Lipinski definition) is 1. The second-order valence-corrected chi connectivity index (χ2v) is 3.78. The van der Waals surface area contributed by atoms with Gasteiger partial charge in [-0.1, -0.05) is 23.7 Å². The zero-order valence-electron chi connectivity index (χ0n) is 7.98. The molecule has 2 aromatic rings. The summed E-state index contributed by atoms with van der Waals surface area (Å²) in [6.45, 7) is 0. The lowest BCUT2D eigenvalue weighted by molar-refractivity contribution is -0.137. The third-order valence-corrected chi connectivity index (χ3v) is 2.73. The Bertz CT molecular complexity index is 549. The Hall–Kier alpha value is -1.42. The molecule has 0 aliphatic carbocycles. The smallest absolute Gasteiger partial charge is 0.398 e. The van der Waals surface area contributed by atoms with Crippen LogP contribution in [0.25, 0.3) is 10.8 Å². The van der Waals surface area contributed by atoms with Gasteiger partial charge in [0.05, 0.1) is 16.3 Å². The van der Waals surface area contributed by atoms with Crippen molar-refractivity contribution in [2.45, 2.75) is 6.18 Å². The molecule has 2 N–H and O–H groups in total. The fourth-order valence-electron chi connectivity index (χ4n) is 1.48. The van der Waals surface area contributed by atoms with Gasteiger partial charge in [0.1, 0.15) is 0 Å². The van der Waals surface area contributed by atoms with Gasteiger partial charge in [0.25, 0.3) is 0 Å². The molecular formula is C11H7ClF3N. The molecule has 0 bridgehead atoms. The quantitative estimate of drug-likeness (QED) is 0.695. The van der Waals surface area contributed by atoms with Crippen LogP contribution in [-0.4, -0.2) is 0 Å². The van der Waals surface area contributed by atoms with Crippen LogP contribution in [0.5, 0.6) is 0 Å². The van der Waals surface area contributed by atoms with Gasteiger partial charge < -0.3 is 5.73 Å². The zero-order valence-corrected chi connectivity index (χ0v) is 8.73. The maximum Gasteiger partial charge on any atom is 0.416 e. The van der Waals surface area contributed by atoms with E-state index in [1.54, 1.807) is 12.1 Å². The van der Waals surface area contributed by atoms with E-state index in [0.29, 0.717) is 10.8 Å². The van der Waals surface area contributed by atoms with E-state index in [1.165, 1.54) is 6.07 Å². The van der Waals surface area contributed by atoms with E-state index in [9.17, 15) is 13.2 Å². The van der Waals surface area contributed by atoms with Gasteiger partial charge in [-0.15, -0.1) is 0 Å². The Labute approximate surface area is 94.6 Å². The van der Waals surface area contributed by atoms with Crippen LogP contribution in [0.1, 0.15) is 5.56 Å². The number of fused-ring (bicyclic) bond motifs is 1. The van der Waals surface area contributed by atoms with Gasteiger partial charge in [0, 0.05) is 5.39 Å². The van der Waals surface area contributed by atoms with E-state index >= 15 is 0 Å². The summed E-state index contributed by atoms with van der Waals surface area (Å²) in [4.78, 5) is 0. The van der Waals surface area contributed by atoms with Crippen LogP contribution in [-0.2, 0) is 6.18 Å². The van der Waals surface area contributed by atoms with E-state index in [2.05, 4.69) is 0 Å². The number of benzene rings is 2. The van der Waals surface area contributed by atoms with E-state index in [0.717, 1.165) is 12.1 Å². The molecule has 1 nitrogen and oxygen atoms in total. The highest BCUT2D eigenvalue weighted by Gasteiger charge is 2.30. The predicted octanol–water partition coefficient (Wildman–Crippen LogP) is 4.09. The van der Waals surface area contributed by atoms with Crippen molar-refractivity contribution in [3.05, 3.63) is 40.9 Å². The molecule has 0 heterocycles. The Balaban J connectivity index is 2.74. The first-order chi connectivity index (χ1) is 7.39. The normalized spacial score (nSPS) is 12.0. The largest absolute Gasteiger partial charge is 0.416 e. The Morgan fingerprint density at radius 3 is 2.31 bits per heavy atom. The topological polar surface area (TPSA) is 26.0 Å². The van der Waals surface area contributed by atoms with Crippen LogP contribution in [0.3, 0.4) is 0 Å². The van der Waals surface area contributed by atoms with Crippen molar-refractivity contribution < 1.29 is 13.2 Å². The Morgan fingerprint density at radius 1 is 1.06 bits per heavy atom. The van der Waals surface area contributed by atoms with Crippen molar-refractivity contribution in [3.8, 4) is 0 Å². The van der Waals surface area contributed by atoms with Crippen LogP contribution in [0, 0.1) is 0 Å². The minimum Gasteiger partial charge on any atom is -0.398 e. The van der Waals surface area contributed by atoms with Crippen LogP contribution >= 0.6 is 11.6 Å². The molecule has 0 saturated heterocycles. The molecule has 0 radical (unpaired) electrons. The molecular weight excluding hydrogens is 239 g/mol. The maximum atomic E-state index is 12.5. The van der Waals surface area contributed by atoms with Crippen molar-refractivity contribution >= 4 is 28.1 Å². The molecule has 0 unspecified atom stereocenters. The van der Waals surface area contributed by atoms with Gasteiger partial charge in [0.2, 0.25) is 0 Å². The first-order valence-electron chi connectivity index (χ1n) is 4.44. The summed E-state index contributed by atoms with van der Waals surface area (Å²) in [5.74, 6) is 0. The van der Waals surface area contributed by atoms with E-state index in [4.69, 9.17) is 17.3 Å². The summed E-state index contributed by atoms with van der Waals surface area (Å²) in [7, 11) is 0. The van der Waals surface area contributed by atoms with Gasteiger partial charge in [0.15, 0.2) is 0 Å². The number of alkyl halides is 3. The molecule has 84 valence electrons. The van der Waals surface area contributed by atoms with Crippen LogP contribution in [0.15, 0.2) is 30.3 Å². The SMILES string of the molecule is Nc1ccc2ccc(C(F)(F)F)cc2c1Cl. The number of nitrogens with two attached hydrogens (primary N) is 1. The average Bonchev–Trinajstić information content (AvgIpc) is 2.22. The van der Waals surface area contributed by atoms with E-state index in [1.807, 2.05) is 0 Å². The maximum absolute atomic E-state index is 12.5. The summed E-state index contributed by atoms with van der Waals surface area (Å²) >= 11 is 5.86. The molecule has 16 heavy (non-hydrogen) atoms. The summed E-state index contributed by atoms with van der Waals surface area (Å²) < 4.78 is 37.4. The molecule has 0 aliphatic heterocycles. The molecule has 0 saturated carbocycles. The number of nitrogen functional groups attached to an aromatic ring is 1. The predicted molar refractivity (Wildman–Crippen MR) is 58.4 cm³/mol. The zero-order chi connectivity index (χ0) is 11.9. The highest BCUT2D eigenvalue weighted by atomic mass is 35.5. The number of halogens is 4. The molecule has 0 fully saturated rings. The number of anilines is 1. The molecule has 0 spiro atoms. The highest BCUT2D eigenvalue weighted by molar-refractivity contribution is 6.38. The minimum absolute atomic E-state index is 0.156. The summed E-state index contributed by atoms with van der Waals surface area (Å²) in [6, 6.07) is 6.61. The first-order valence-corrected chi connectivity index (χ1v) is 4.82. The van der Waals surface area contributed by atoms with Crippen molar-refractivity contribution in [1.82, 2.24) is 0 Å². The molecule has 0 aliphatic rings. The van der Waals surface area contributed by atoms with Crippen LogP contribution in [0.4, 0.5) is 18.9 Å². The first kappa shape index (κ1) is 11.1. The third-order valence-electron chi connectivity index (χ3n) is 2.31. The van der Waals surface area contributed by atoms with E-state index < -0.39 is 11.7 Å². The highest BCUT2D eigenvalue weighted by Crippen LogP contribution is 2.35. The van der Waals surface area contributed by atoms with Crippen LogP contribution < -0.4 is 5.73 Å². The van der Waals surface area contributed by atoms with Gasteiger partial charge in [-0.3, -0.25) is 0 Å². The Kier molecular flexibility index (Phi) is 2.46. The summed E-state index contributed by atoms with van der Waals surface area (Å²) in [6.07, 6.45) is -4.37. The minimum atomic E-state index is -4.37. The molecule has 2 aromatic carbocycles. The lowest BCUT2D eigenvalue weighted by Crippen LogP contribution is -2.04. The fourth-order valence-corrected chi connectivity index (χ4v) is 1.70. The monoisotopic (exact) mass is 245 g/mol. The van der Waals surface area contributed by atoms with Crippen molar-refractivity contribution in [3.63, 3.8) is 0 Å². The Morgan fingerprint density at radius 2 is 1.69 bits per heavy atom. The van der Waals surface area contributed by atoms with Crippen molar-refractivity contribution in [2.75, 3.05) is 5.73 Å². The molecule has 0 aromatic heterocycles. The second kappa shape index (κ2) is 3.56. The fraction of sp³-hybridized carbons (Fsp3) is 0.0909. The molecule has 5 heteroatoms. The molecule has 0 amide bonds. The summed E-state index contributed by atoms with van der Waals surface area (Å²) in [5, 5.41) is 1.10. The van der Waals surface area contributed by atoms with Crippen molar-refractivity contribution in [1.29, 1.82) is 0 Å². The van der Waals surface area contributed by atoms with E-state index in [-0.39, 0.29) is 10.7 Å². The van der Waals surface area contributed by atoms with Gasteiger partial charge in [-0.25, -0.2) is 0 Å². The standard InChI is InChI=1S/C11H7ClF3N/c12-10-8-5-7(11(13,14)15)3-1-6(8)2-4-9(10)16/h1-5H,16H2. The number of rotatable bonds is 0. The second-order valence-electron chi connectivity index (χ2n) is 3.40. The average molecular weight is 246 g/mol. The number of hydrogen-bond donors (Lipinski definition) is 1.